The number of carbonyl (C=O) groups excluding carboxylic acids is 1. The Bertz CT molecular complexity index is 448. The minimum atomic E-state index is 0.129. The van der Waals surface area contributed by atoms with Gasteiger partial charge in [0.15, 0.2) is 0 Å². The molecule has 2 rings (SSSR count). The highest BCUT2D eigenvalue weighted by Gasteiger charge is 2.16. The van der Waals surface area contributed by atoms with Crippen molar-refractivity contribution >= 4 is 11.9 Å². The van der Waals surface area contributed by atoms with Crippen LogP contribution in [0.3, 0.4) is 0 Å². The molecule has 0 saturated carbocycles. The summed E-state index contributed by atoms with van der Waals surface area (Å²) in [6.45, 7) is 2.69. The molecule has 20 heavy (non-hydrogen) atoms. The summed E-state index contributed by atoms with van der Waals surface area (Å²) in [5.74, 6) is 1.69. The molecule has 1 fully saturated rings. The lowest BCUT2D eigenvalue weighted by atomic mass is 10.0. The van der Waals surface area contributed by atoms with E-state index >= 15 is 0 Å². The van der Waals surface area contributed by atoms with E-state index in [-0.39, 0.29) is 5.91 Å². The number of amides is 1. The Morgan fingerprint density at radius 1 is 1.60 bits per heavy atom. The molecule has 1 aliphatic rings. The number of nitrogens with one attached hydrogen (secondary N) is 2. The second kappa shape index (κ2) is 6.74. The summed E-state index contributed by atoms with van der Waals surface area (Å²) in [5, 5.41) is 6.30. The highest BCUT2D eigenvalue weighted by Crippen LogP contribution is 2.14. The van der Waals surface area contributed by atoms with Crippen molar-refractivity contribution in [2.24, 2.45) is 13.0 Å². The van der Waals surface area contributed by atoms with Gasteiger partial charge in [-0.2, -0.15) is 0 Å². The fourth-order valence-corrected chi connectivity index (χ4v) is 2.59. The van der Waals surface area contributed by atoms with Gasteiger partial charge in [0.2, 0.25) is 11.9 Å². The van der Waals surface area contributed by atoms with Gasteiger partial charge in [-0.25, -0.2) is 4.98 Å². The average molecular weight is 279 g/mol. The van der Waals surface area contributed by atoms with Crippen LogP contribution >= 0.6 is 0 Å². The summed E-state index contributed by atoms with van der Waals surface area (Å²) in [5.41, 5.74) is 1.02. The third-order valence-electron chi connectivity index (χ3n) is 3.87. The zero-order chi connectivity index (χ0) is 14.5. The first-order chi connectivity index (χ1) is 9.58. The highest BCUT2D eigenvalue weighted by atomic mass is 16.1. The molecule has 0 aliphatic carbocycles. The molecule has 1 aromatic rings. The molecule has 2 N–H and O–H groups in total. The number of carbonyl (C=O) groups is 1. The molecular formula is C14H25N5O. The van der Waals surface area contributed by atoms with E-state index in [9.17, 15) is 4.79 Å². The van der Waals surface area contributed by atoms with Gasteiger partial charge in [0.1, 0.15) is 0 Å². The van der Waals surface area contributed by atoms with Crippen molar-refractivity contribution in [1.82, 2.24) is 20.2 Å². The summed E-state index contributed by atoms with van der Waals surface area (Å²) in [7, 11) is 5.88. The lowest BCUT2D eigenvalue weighted by molar-refractivity contribution is -0.121. The molecule has 1 amide bonds. The van der Waals surface area contributed by atoms with Crippen molar-refractivity contribution in [3.05, 3.63) is 11.9 Å². The van der Waals surface area contributed by atoms with Gasteiger partial charge in [-0.05, 0) is 31.8 Å². The second-order valence-corrected chi connectivity index (χ2v) is 5.68. The van der Waals surface area contributed by atoms with Gasteiger partial charge < -0.3 is 20.1 Å². The van der Waals surface area contributed by atoms with E-state index in [0.717, 1.165) is 31.2 Å². The minimum Gasteiger partial charge on any atom is -0.350 e. The van der Waals surface area contributed by atoms with Gasteiger partial charge in [-0.1, -0.05) is 0 Å². The number of imidazole rings is 1. The molecule has 1 unspecified atom stereocenters. The molecule has 1 aliphatic heterocycles. The van der Waals surface area contributed by atoms with Crippen LogP contribution in [0.2, 0.25) is 0 Å². The quantitative estimate of drug-likeness (QED) is 0.796. The van der Waals surface area contributed by atoms with Gasteiger partial charge in [0.05, 0.1) is 18.4 Å². The van der Waals surface area contributed by atoms with Gasteiger partial charge >= 0.3 is 0 Å². The maximum Gasteiger partial charge on any atom is 0.220 e. The standard InChI is InChI=1S/C14H25N5O/c1-18(2)14-17-10-12(19(14)3)9-16-13(20)5-4-11-6-7-15-8-11/h10-11,15H,4-9H2,1-3H3,(H,16,20). The van der Waals surface area contributed by atoms with Crippen LogP contribution in [0, 0.1) is 5.92 Å². The van der Waals surface area contributed by atoms with Crippen molar-refractivity contribution in [3.8, 4) is 0 Å². The fraction of sp³-hybridized carbons (Fsp3) is 0.714. The van der Waals surface area contributed by atoms with E-state index in [0.29, 0.717) is 18.9 Å². The number of rotatable bonds is 6. The van der Waals surface area contributed by atoms with Gasteiger partial charge in [-0.3, -0.25) is 4.79 Å². The first-order valence-corrected chi connectivity index (χ1v) is 7.23. The fourth-order valence-electron chi connectivity index (χ4n) is 2.59. The maximum absolute atomic E-state index is 11.9. The summed E-state index contributed by atoms with van der Waals surface area (Å²) >= 11 is 0. The number of aromatic nitrogens is 2. The predicted octanol–water partition coefficient (Wildman–Crippen LogP) is 0.492. The van der Waals surface area contributed by atoms with Crippen LogP contribution in [0.15, 0.2) is 6.20 Å². The number of nitrogens with zero attached hydrogens (tertiary/aromatic N) is 3. The predicted molar refractivity (Wildman–Crippen MR) is 79.6 cm³/mol. The first-order valence-electron chi connectivity index (χ1n) is 7.23. The van der Waals surface area contributed by atoms with Crippen molar-refractivity contribution in [2.45, 2.75) is 25.8 Å². The smallest absolute Gasteiger partial charge is 0.220 e. The van der Waals surface area contributed by atoms with E-state index in [1.54, 1.807) is 0 Å². The molecule has 1 aromatic heterocycles. The number of hydrogen-bond acceptors (Lipinski definition) is 4. The van der Waals surface area contributed by atoms with Crippen LogP contribution in [0.4, 0.5) is 5.95 Å². The summed E-state index contributed by atoms with van der Waals surface area (Å²) in [6, 6.07) is 0. The Balaban J connectivity index is 1.75. The Morgan fingerprint density at radius 2 is 2.40 bits per heavy atom. The third-order valence-corrected chi connectivity index (χ3v) is 3.87. The summed E-state index contributed by atoms with van der Waals surface area (Å²) < 4.78 is 2.00. The van der Waals surface area contributed by atoms with Crippen LogP contribution in [0.25, 0.3) is 0 Å². The molecule has 0 radical (unpaired) electrons. The van der Waals surface area contributed by atoms with Gasteiger partial charge in [0.25, 0.3) is 0 Å². The molecule has 2 heterocycles. The largest absolute Gasteiger partial charge is 0.350 e. The van der Waals surface area contributed by atoms with E-state index in [1.165, 1.54) is 6.42 Å². The minimum absolute atomic E-state index is 0.129. The topological polar surface area (TPSA) is 62.2 Å². The van der Waals surface area contributed by atoms with Crippen LogP contribution in [-0.2, 0) is 18.4 Å². The highest BCUT2D eigenvalue weighted by molar-refractivity contribution is 5.75. The average Bonchev–Trinajstić information content (AvgIpc) is 3.03. The molecule has 6 nitrogen and oxygen atoms in total. The zero-order valence-electron chi connectivity index (χ0n) is 12.6. The lowest BCUT2D eigenvalue weighted by Gasteiger charge is -2.13. The number of hydrogen-bond donors (Lipinski definition) is 2. The molecular weight excluding hydrogens is 254 g/mol. The van der Waals surface area contributed by atoms with Crippen molar-refractivity contribution in [3.63, 3.8) is 0 Å². The molecule has 0 bridgehead atoms. The van der Waals surface area contributed by atoms with Gasteiger partial charge in [-0.15, -0.1) is 0 Å². The van der Waals surface area contributed by atoms with E-state index in [1.807, 2.05) is 36.8 Å². The SMILES string of the molecule is CN(C)c1ncc(CNC(=O)CCC2CCNC2)n1C. The summed E-state index contributed by atoms with van der Waals surface area (Å²) in [6.07, 6.45) is 4.61. The van der Waals surface area contributed by atoms with Crippen molar-refractivity contribution in [1.29, 1.82) is 0 Å². The maximum atomic E-state index is 11.9. The van der Waals surface area contributed by atoms with E-state index in [4.69, 9.17) is 0 Å². The van der Waals surface area contributed by atoms with E-state index in [2.05, 4.69) is 15.6 Å². The Morgan fingerprint density at radius 3 is 3.00 bits per heavy atom. The van der Waals surface area contributed by atoms with Crippen molar-refractivity contribution in [2.75, 3.05) is 32.1 Å². The Labute approximate surface area is 120 Å². The molecule has 1 saturated heterocycles. The third kappa shape index (κ3) is 3.72. The van der Waals surface area contributed by atoms with Crippen LogP contribution in [0.5, 0.6) is 0 Å². The van der Waals surface area contributed by atoms with Crippen molar-refractivity contribution < 1.29 is 4.79 Å². The first kappa shape index (κ1) is 14.8. The second-order valence-electron chi connectivity index (χ2n) is 5.68. The molecule has 1 atom stereocenters. The summed E-state index contributed by atoms with van der Waals surface area (Å²) in [4.78, 5) is 18.1. The van der Waals surface area contributed by atoms with Crippen LogP contribution < -0.4 is 15.5 Å². The number of anilines is 1. The zero-order valence-corrected chi connectivity index (χ0v) is 12.6. The van der Waals surface area contributed by atoms with E-state index < -0.39 is 0 Å². The molecule has 0 spiro atoms. The Hall–Kier alpha value is -1.56. The van der Waals surface area contributed by atoms with Crippen LogP contribution in [0.1, 0.15) is 25.0 Å². The normalized spacial score (nSPS) is 18.2. The van der Waals surface area contributed by atoms with Gasteiger partial charge in [0, 0.05) is 27.6 Å². The molecule has 112 valence electrons. The Kier molecular flexibility index (Phi) is 5.00. The monoisotopic (exact) mass is 279 g/mol. The molecule has 0 aromatic carbocycles. The lowest BCUT2D eigenvalue weighted by Crippen LogP contribution is -2.25. The van der Waals surface area contributed by atoms with Crippen LogP contribution in [-0.4, -0.2) is 42.6 Å². The molecule has 6 heteroatoms.